The summed E-state index contributed by atoms with van der Waals surface area (Å²) in [6.45, 7) is 0.511. The predicted molar refractivity (Wildman–Crippen MR) is 136 cm³/mol. The summed E-state index contributed by atoms with van der Waals surface area (Å²) in [4.78, 5) is 34.0. The highest BCUT2D eigenvalue weighted by Gasteiger charge is 2.59. The number of phenols is 1. The number of phenolic OH excluding ortho intramolecular Hbond substituents is 1. The summed E-state index contributed by atoms with van der Waals surface area (Å²) in [6, 6.07) is 10.6. The number of aromatic nitrogens is 1. The molecule has 8 nitrogen and oxygen atoms in total. The molecular weight excluding hydrogens is 494 g/mol. The van der Waals surface area contributed by atoms with Gasteiger partial charge < -0.3 is 25.0 Å². The van der Waals surface area contributed by atoms with Gasteiger partial charge in [0.25, 0.3) is 5.91 Å². The lowest BCUT2D eigenvalue weighted by Crippen LogP contribution is -2.53. The van der Waals surface area contributed by atoms with Gasteiger partial charge in [-0.1, -0.05) is 12.1 Å². The van der Waals surface area contributed by atoms with E-state index in [-0.39, 0.29) is 36.4 Å². The minimum absolute atomic E-state index is 0.0311. The lowest BCUT2D eigenvalue weighted by atomic mass is 9.81. The number of nitrogens with zero attached hydrogens (tertiary/aromatic N) is 2. The van der Waals surface area contributed by atoms with Gasteiger partial charge in [-0.25, -0.2) is 4.79 Å². The van der Waals surface area contributed by atoms with Crippen molar-refractivity contribution in [1.29, 1.82) is 0 Å². The first-order valence-corrected chi connectivity index (χ1v) is 13.0. The molecule has 1 saturated carbocycles. The van der Waals surface area contributed by atoms with Gasteiger partial charge in [0.1, 0.15) is 17.0 Å². The molecule has 0 spiro atoms. The Hall–Kier alpha value is -3.66. The van der Waals surface area contributed by atoms with Gasteiger partial charge >= 0.3 is 12.6 Å². The fourth-order valence-corrected chi connectivity index (χ4v) is 5.95. The van der Waals surface area contributed by atoms with Crippen molar-refractivity contribution < 1.29 is 28.2 Å². The van der Waals surface area contributed by atoms with E-state index in [0.717, 1.165) is 23.4 Å². The maximum atomic E-state index is 13.8. The van der Waals surface area contributed by atoms with E-state index in [2.05, 4.69) is 15.0 Å². The van der Waals surface area contributed by atoms with Crippen LogP contribution in [0.3, 0.4) is 0 Å². The first kappa shape index (κ1) is 24.7. The number of carbonyl (C=O) groups excluding carboxylic acids is 2. The van der Waals surface area contributed by atoms with Crippen molar-refractivity contribution in [2.45, 2.75) is 50.8 Å². The number of urea groups is 1. The van der Waals surface area contributed by atoms with Gasteiger partial charge in [0.05, 0.1) is 6.04 Å². The van der Waals surface area contributed by atoms with Crippen LogP contribution in [0.15, 0.2) is 42.5 Å². The van der Waals surface area contributed by atoms with E-state index in [1.165, 1.54) is 23.8 Å². The number of rotatable bonds is 9. The number of H-pyrrole nitrogens is 1. The molecule has 6 rings (SSSR count). The molecule has 3 aromatic rings. The molecule has 2 atom stereocenters. The van der Waals surface area contributed by atoms with Gasteiger partial charge in [-0.2, -0.15) is 8.78 Å². The Labute approximate surface area is 218 Å². The molecule has 3 heterocycles. The van der Waals surface area contributed by atoms with Crippen LogP contribution in [0.1, 0.15) is 42.6 Å². The number of imide groups is 1. The van der Waals surface area contributed by atoms with E-state index in [0.29, 0.717) is 29.8 Å². The highest BCUT2D eigenvalue weighted by Crippen LogP contribution is 2.47. The molecule has 1 aliphatic carbocycles. The molecule has 38 heavy (non-hydrogen) atoms. The number of nitrogens with one attached hydrogen (secondary N) is 2. The van der Waals surface area contributed by atoms with E-state index in [1.807, 2.05) is 6.07 Å². The Bertz CT molecular complexity index is 1400. The number of carbonyl (C=O) groups is 2. The molecule has 200 valence electrons. The number of amides is 3. The van der Waals surface area contributed by atoms with E-state index in [4.69, 9.17) is 0 Å². The van der Waals surface area contributed by atoms with Crippen molar-refractivity contribution in [1.82, 2.24) is 20.1 Å². The average molecular weight is 525 g/mol. The molecule has 3 amide bonds. The number of benzene rings is 2. The van der Waals surface area contributed by atoms with Gasteiger partial charge in [-0.3, -0.25) is 9.69 Å². The molecule has 1 saturated heterocycles. The molecule has 0 radical (unpaired) electrons. The third kappa shape index (κ3) is 4.26. The zero-order chi connectivity index (χ0) is 26.6. The van der Waals surface area contributed by atoms with Crippen LogP contribution < -0.4 is 10.1 Å². The van der Waals surface area contributed by atoms with Crippen LogP contribution in [0.2, 0.25) is 0 Å². The number of hydrogen-bond acceptors (Lipinski definition) is 5. The third-order valence-corrected chi connectivity index (χ3v) is 7.96. The van der Waals surface area contributed by atoms with Crippen molar-refractivity contribution in [2.75, 3.05) is 19.6 Å². The summed E-state index contributed by atoms with van der Waals surface area (Å²) < 4.78 is 30.5. The molecule has 1 aromatic heterocycles. The zero-order valence-corrected chi connectivity index (χ0v) is 21.0. The Kier molecular flexibility index (Phi) is 6.02. The number of halogens is 2. The summed E-state index contributed by atoms with van der Waals surface area (Å²) in [5.41, 5.74) is 1.93. The lowest BCUT2D eigenvalue weighted by Gasteiger charge is -2.42. The predicted octanol–water partition coefficient (Wildman–Crippen LogP) is 4.34. The zero-order valence-electron chi connectivity index (χ0n) is 21.0. The van der Waals surface area contributed by atoms with E-state index in [1.54, 1.807) is 42.2 Å². The van der Waals surface area contributed by atoms with Crippen molar-refractivity contribution >= 4 is 22.8 Å². The van der Waals surface area contributed by atoms with E-state index >= 15 is 0 Å². The third-order valence-electron chi connectivity index (χ3n) is 7.96. The molecule has 3 aliphatic rings. The SMILES string of the molecule is C[C@@]12Cc3c([nH]c4ccc(OC(F)F)cc34)C(Cc3cccc(O)c3)N1C(=O)N(CCNCC1CC1)C2=O. The molecule has 3 N–H and O–H groups in total. The van der Waals surface area contributed by atoms with Gasteiger partial charge in [-0.15, -0.1) is 0 Å². The summed E-state index contributed by atoms with van der Waals surface area (Å²) in [6.07, 6.45) is 3.03. The maximum Gasteiger partial charge on any atom is 0.387 e. The minimum Gasteiger partial charge on any atom is -0.508 e. The normalized spacial score (nSPS) is 22.9. The molecule has 10 heteroatoms. The van der Waals surface area contributed by atoms with E-state index < -0.39 is 18.2 Å². The molecule has 2 aliphatic heterocycles. The molecule has 0 bridgehead atoms. The number of alkyl halides is 2. The van der Waals surface area contributed by atoms with Crippen LogP contribution >= 0.6 is 0 Å². The summed E-state index contributed by atoms with van der Waals surface area (Å²) in [5, 5.41) is 14.1. The van der Waals surface area contributed by atoms with Crippen LogP contribution in [0.4, 0.5) is 13.6 Å². The average Bonchev–Trinajstić information content (AvgIpc) is 3.59. The summed E-state index contributed by atoms with van der Waals surface area (Å²) in [5.74, 6) is 0.562. The molecule has 1 unspecified atom stereocenters. The highest BCUT2D eigenvalue weighted by molar-refractivity contribution is 6.08. The first-order chi connectivity index (χ1) is 18.2. The second-order valence-electron chi connectivity index (χ2n) is 10.7. The fraction of sp³-hybridized carbons (Fsp3) is 0.429. The molecule has 2 aromatic carbocycles. The Morgan fingerprint density at radius 2 is 2.03 bits per heavy atom. The second kappa shape index (κ2) is 9.27. The smallest absolute Gasteiger partial charge is 0.387 e. The first-order valence-electron chi connectivity index (χ1n) is 13.0. The van der Waals surface area contributed by atoms with Gasteiger partial charge in [0.15, 0.2) is 0 Å². The summed E-state index contributed by atoms with van der Waals surface area (Å²) in [7, 11) is 0. The largest absolute Gasteiger partial charge is 0.508 e. The Balaban J connectivity index is 1.39. The van der Waals surface area contributed by atoms with E-state index in [9.17, 15) is 23.5 Å². The number of hydrogen-bond donors (Lipinski definition) is 3. The number of ether oxygens (including phenoxy) is 1. The monoisotopic (exact) mass is 524 g/mol. The van der Waals surface area contributed by atoms with Crippen molar-refractivity contribution in [2.24, 2.45) is 5.92 Å². The van der Waals surface area contributed by atoms with Crippen LogP contribution in [-0.2, 0) is 17.6 Å². The summed E-state index contributed by atoms with van der Waals surface area (Å²) >= 11 is 0. The Morgan fingerprint density at radius 1 is 1.21 bits per heavy atom. The molecule has 2 fully saturated rings. The van der Waals surface area contributed by atoms with Gasteiger partial charge in [0, 0.05) is 36.1 Å². The number of aromatic hydroxyl groups is 1. The lowest BCUT2D eigenvalue weighted by molar-refractivity contribution is -0.133. The van der Waals surface area contributed by atoms with Crippen LogP contribution in [-0.4, -0.2) is 63.6 Å². The number of fused-ring (bicyclic) bond motifs is 4. The van der Waals surface area contributed by atoms with Gasteiger partial charge in [-0.05, 0) is 80.1 Å². The van der Waals surface area contributed by atoms with Crippen LogP contribution in [0.5, 0.6) is 11.5 Å². The number of aromatic amines is 1. The van der Waals surface area contributed by atoms with Crippen LogP contribution in [0, 0.1) is 5.92 Å². The highest BCUT2D eigenvalue weighted by atomic mass is 19.3. The quantitative estimate of drug-likeness (QED) is 0.286. The second-order valence-corrected chi connectivity index (χ2v) is 10.7. The molecular formula is C28H30F2N4O4. The van der Waals surface area contributed by atoms with Crippen LogP contribution in [0.25, 0.3) is 10.9 Å². The van der Waals surface area contributed by atoms with Crippen molar-refractivity contribution in [3.05, 3.63) is 59.3 Å². The standard InChI is InChI=1S/C28H30F2N4O4/c1-28-14-21-20-13-19(38-26(29)30)7-8-22(20)32-24(21)23(12-17-3-2-4-18(35)11-17)34(28)27(37)33(25(28)36)10-9-31-15-16-5-6-16/h2-4,7-8,11,13,16,23,26,31-32,35H,5-6,9-10,12,14-15H2,1H3/t23?,28-/m0/s1. The maximum absolute atomic E-state index is 13.8. The van der Waals surface area contributed by atoms with Crippen molar-refractivity contribution in [3.8, 4) is 11.5 Å². The van der Waals surface area contributed by atoms with Gasteiger partial charge in [0.2, 0.25) is 0 Å². The van der Waals surface area contributed by atoms with Crippen molar-refractivity contribution in [3.63, 3.8) is 0 Å². The minimum atomic E-state index is -2.95. The Morgan fingerprint density at radius 3 is 2.76 bits per heavy atom. The topological polar surface area (TPSA) is 97.9 Å². The fourth-order valence-electron chi connectivity index (χ4n) is 5.95.